The van der Waals surface area contributed by atoms with Crippen molar-refractivity contribution in [1.82, 2.24) is 25.3 Å². The van der Waals surface area contributed by atoms with Crippen LogP contribution >= 0.6 is 0 Å². The Bertz CT molecular complexity index is 1170. The number of fused-ring (bicyclic) bond motifs is 1. The third-order valence-corrected chi connectivity index (χ3v) is 9.91. The van der Waals surface area contributed by atoms with E-state index in [-0.39, 0.29) is 29.6 Å². The fourth-order valence-corrected chi connectivity index (χ4v) is 7.43. The quantitative estimate of drug-likeness (QED) is 0.420. The predicted molar refractivity (Wildman–Crippen MR) is 170 cm³/mol. The molecule has 0 saturated carbocycles. The van der Waals surface area contributed by atoms with Crippen LogP contribution in [-0.4, -0.2) is 89.4 Å². The highest BCUT2D eigenvalue weighted by atomic mass is 19.1. The van der Waals surface area contributed by atoms with Crippen LogP contribution in [0.1, 0.15) is 70.9 Å². The van der Waals surface area contributed by atoms with Crippen molar-refractivity contribution in [2.24, 2.45) is 11.8 Å². The first kappa shape index (κ1) is 31.9. The molecular formula is C35H52FN5O2. The maximum atomic E-state index is 14.1. The molecule has 3 heterocycles. The molecule has 0 radical (unpaired) electrons. The number of benzene rings is 1. The summed E-state index contributed by atoms with van der Waals surface area (Å²) in [5.41, 5.74) is 2.39. The van der Waals surface area contributed by atoms with E-state index in [2.05, 4.69) is 60.3 Å². The molecule has 0 bridgehead atoms. The molecule has 2 fully saturated rings. The Hall–Kier alpha value is -2.55. The lowest BCUT2D eigenvalue weighted by Crippen LogP contribution is -2.56. The number of hydrogen-bond donors (Lipinski definition) is 2. The van der Waals surface area contributed by atoms with E-state index >= 15 is 0 Å². The minimum absolute atomic E-state index is 0.00499. The summed E-state index contributed by atoms with van der Waals surface area (Å²) in [5.74, 6) is 0.188. The SMILES string of the molecule is CC(C)CN(C1CCN(C(C)C)CC1)[C@H]1CCN(C(=O)[C@@H](CC2C=CC(F)=CC2)NC(=O)[C@H]2Cc3ccccc3CN2)C1. The van der Waals surface area contributed by atoms with Crippen molar-refractivity contribution in [3.8, 4) is 0 Å². The topological polar surface area (TPSA) is 67.9 Å². The van der Waals surface area contributed by atoms with Crippen molar-refractivity contribution < 1.29 is 14.0 Å². The minimum Gasteiger partial charge on any atom is -0.343 e. The zero-order valence-corrected chi connectivity index (χ0v) is 26.6. The molecule has 1 aliphatic carbocycles. The van der Waals surface area contributed by atoms with E-state index in [0.29, 0.717) is 62.9 Å². The van der Waals surface area contributed by atoms with Crippen LogP contribution in [0.4, 0.5) is 4.39 Å². The second-order valence-electron chi connectivity index (χ2n) is 13.8. The highest BCUT2D eigenvalue weighted by molar-refractivity contribution is 5.90. The van der Waals surface area contributed by atoms with Gasteiger partial charge in [0.05, 0.1) is 6.04 Å². The number of nitrogens with zero attached hydrogens (tertiary/aromatic N) is 3. The van der Waals surface area contributed by atoms with Gasteiger partial charge in [-0.25, -0.2) is 4.39 Å². The molecule has 236 valence electrons. The van der Waals surface area contributed by atoms with Crippen LogP contribution in [-0.2, 0) is 22.6 Å². The van der Waals surface area contributed by atoms with E-state index in [0.717, 1.165) is 26.1 Å². The Balaban J connectivity index is 1.26. The number of rotatable bonds is 10. The zero-order chi connectivity index (χ0) is 30.5. The van der Waals surface area contributed by atoms with Crippen LogP contribution in [0.5, 0.6) is 0 Å². The number of hydrogen-bond acceptors (Lipinski definition) is 5. The average molecular weight is 594 g/mol. The predicted octanol–water partition coefficient (Wildman–Crippen LogP) is 4.44. The molecule has 43 heavy (non-hydrogen) atoms. The van der Waals surface area contributed by atoms with E-state index in [4.69, 9.17) is 0 Å². The fourth-order valence-electron chi connectivity index (χ4n) is 7.43. The number of carbonyl (C=O) groups excluding carboxylic acids is 2. The van der Waals surface area contributed by atoms with Crippen molar-refractivity contribution in [2.45, 2.75) is 103 Å². The first-order valence-electron chi connectivity index (χ1n) is 16.6. The third-order valence-electron chi connectivity index (χ3n) is 9.91. The summed E-state index contributed by atoms with van der Waals surface area (Å²) in [7, 11) is 0. The number of halogens is 1. The van der Waals surface area contributed by atoms with Gasteiger partial charge in [0.2, 0.25) is 11.8 Å². The Morgan fingerprint density at radius 3 is 2.44 bits per heavy atom. The number of likely N-dealkylation sites (tertiary alicyclic amines) is 2. The fraction of sp³-hybridized carbons (Fsp3) is 0.657. The molecule has 2 amide bonds. The van der Waals surface area contributed by atoms with Crippen LogP contribution in [0.2, 0.25) is 0 Å². The van der Waals surface area contributed by atoms with Crippen molar-refractivity contribution in [3.63, 3.8) is 0 Å². The lowest BCUT2D eigenvalue weighted by Gasteiger charge is -2.43. The van der Waals surface area contributed by atoms with E-state index in [1.54, 1.807) is 6.08 Å². The Morgan fingerprint density at radius 2 is 1.77 bits per heavy atom. The van der Waals surface area contributed by atoms with Crippen molar-refractivity contribution in [1.29, 1.82) is 0 Å². The van der Waals surface area contributed by atoms with Gasteiger partial charge in [-0.3, -0.25) is 14.5 Å². The van der Waals surface area contributed by atoms with Crippen LogP contribution in [0.25, 0.3) is 0 Å². The normalized spacial score (nSPS) is 25.7. The number of allylic oxidation sites excluding steroid dienone is 4. The first-order valence-corrected chi connectivity index (χ1v) is 16.6. The smallest absolute Gasteiger partial charge is 0.245 e. The number of carbonyl (C=O) groups is 2. The molecule has 0 aromatic heterocycles. The molecular weight excluding hydrogens is 541 g/mol. The molecule has 7 nitrogen and oxygen atoms in total. The lowest BCUT2D eigenvalue weighted by molar-refractivity contribution is -0.136. The highest BCUT2D eigenvalue weighted by Crippen LogP contribution is 2.28. The molecule has 2 saturated heterocycles. The molecule has 1 unspecified atom stereocenters. The molecule has 1 aromatic rings. The maximum absolute atomic E-state index is 14.1. The van der Waals surface area contributed by atoms with Crippen LogP contribution in [0.15, 0.2) is 48.3 Å². The van der Waals surface area contributed by atoms with Gasteiger partial charge < -0.3 is 20.4 Å². The summed E-state index contributed by atoms with van der Waals surface area (Å²) >= 11 is 0. The summed E-state index contributed by atoms with van der Waals surface area (Å²) in [4.78, 5) is 35.0. The molecule has 8 heteroatoms. The number of piperidine rings is 1. The molecule has 3 aliphatic heterocycles. The zero-order valence-electron chi connectivity index (χ0n) is 26.6. The Morgan fingerprint density at radius 1 is 1.05 bits per heavy atom. The summed E-state index contributed by atoms with van der Waals surface area (Å²) in [6.45, 7) is 14.5. The van der Waals surface area contributed by atoms with Gasteiger partial charge in [0.1, 0.15) is 11.9 Å². The monoisotopic (exact) mass is 593 g/mol. The summed E-state index contributed by atoms with van der Waals surface area (Å²) in [6.07, 6.45) is 9.82. The Labute approximate surface area is 257 Å². The Kier molecular flexibility index (Phi) is 10.7. The molecule has 4 aliphatic rings. The standard InChI is InChI=1S/C35H52FN5O2/c1-24(2)22-41(30-13-16-39(17-14-30)25(3)4)31-15-18-40(23-31)35(43)33(19-26-9-11-29(36)12-10-26)38-34(42)32-20-27-7-5-6-8-28(27)21-37-32/h5-9,11-12,24-26,30-33,37H,10,13-23H2,1-4H3,(H,38,42)/t26?,31-,32+,33+/m0/s1. The van der Waals surface area contributed by atoms with E-state index < -0.39 is 6.04 Å². The molecule has 5 rings (SSSR count). The molecule has 2 N–H and O–H groups in total. The van der Waals surface area contributed by atoms with Gasteiger partial charge in [-0.2, -0.15) is 0 Å². The largest absolute Gasteiger partial charge is 0.343 e. The first-order chi connectivity index (χ1) is 20.7. The molecule has 4 atom stereocenters. The van der Waals surface area contributed by atoms with E-state index in [1.165, 1.54) is 30.0 Å². The summed E-state index contributed by atoms with van der Waals surface area (Å²) in [6, 6.07) is 8.63. The van der Waals surface area contributed by atoms with Gasteiger partial charge in [-0.15, -0.1) is 0 Å². The van der Waals surface area contributed by atoms with Gasteiger partial charge in [0, 0.05) is 44.3 Å². The molecule has 1 aromatic carbocycles. The third kappa shape index (κ3) is 8.14. The second kappa shape index (κ2) is 14.5. The average Bonchev–Trinajstić information content (AvgIpc) is 3.50. The summed E-state index contributed by atoms with van der Waals surface area (Å²) < 4.78 is 13.7. The number of nitrogens with one attached hydrogen (secondary N) is 2. The van der Waals surface area contributed by atoms with Gasteiger partial charge in [0.15, 0.2) is 0 Å². The number of amides is 2. The van der Waals surface area contributed by atoms with Crippen LogP contribution < -0.4 is 10.6 Å². The highest BCUT2D eigenvalue weighted by Gasteiger charge is 2.39. The van der Waals surface area contributed by atoms with Crippen molar-refractivity contribution in [3.05, 3.63) is 59.4 Å². The van der Waals surface area contributed by atoms with E-state index in [1.807, 2.05) is 23.1 Å². The lowest BCUT2D eigenvalue weighted by atomic mass is 9.91. The van der Waals surface area contributed by atoms with Crippen molar-refractivity contribution in [2.75, 3.05) is 32.7 Å². The van der Waals surface area contributed by atoms with Gasteiger partial charge >= 0.3 is 0 Å². The maximum Gasteiger partial charge on any atom is 0.245 e. The minimum atomic E-state index is -0.637. The van der Waals surface area contributed by atoms with E-state index in [9.17, 15) is 14.0 Å². The van der Waals surface area contributed by atoms with Gasteiger partial charge in [-0.1, -0.05) is 44.2 Å². The van der Waals surface area contributed by atoms with Crippen molar-refractivity contribution >= 4 is 11.8 Å². The molecule has 0 spiro atoms. The van der Waals surface area contributed by atoms with Crippen LogP contribution in [0, 0.1) is 11.8 Å². The van der Waals surface area contributed by atoms with Gasteiger partial charge in [0.25, 0.3) is 0 Å². The van der Waals surface area contributed by atoms with Crippen LogP contribution in [0.3, 0.4) is 0 Å². The second-order valence-corrected chi connectivity index (χ2v) is 13.8. The summed E-state index contributed by atoms with van der Waals surface area (Å²) in [5, 5.41) is 6.51. The van der Waals surface area contributed by atoms with Gasteiger partial charge in [-0.05, 0) is 101 Å².